The first-order valence-electron chi connectivity index (χ1n) is 6.91. The average Bonchev–Trinajstić information content (AvgIpc) is 2.47. The Bertz CT molecular complexity index is 820. The zero-order valence-electron chi connectivity index (χ0n) is 12.2. The molecule has 7 heteroatoms. The smallest absolute Gasteiger partial charge is 0.337 e. The van der Waals surface area contributed by atoms with Crippen molar-refractivity contribution in [2.24, 2.45) is 0 Å². The van der Waals surface area contributed by atoms with Crippen LogP contribution in [0.3, 0.4) is 0 Å². The van der Waals surface area contributed by atoms with Gasteiger partial charge in [-0.15, -0.1) is 0 Å². The fraction of sp³-hybridized carbons (Fsp3) is 0.267. The third kappa shape index (κ3) is 2.93. The number of rotatable bonds is 5. The van der Waals surface area contributed by atoms with E-state index in [-0.39, 0.29) is 17.1 Å². The van der Waals surface area contributed by atoms with E-state index in [1.54, 1.807) is 0 Å². The zero-order valence-corrected chi connectivity index (χ0v) is 12.2. The maximum absolute atomic E-state index is 12.5. The van der Waals surface area contributed by atoms with Gasteiger partial charge in [-0.2, -0.15) is 0 Å². The Morgan fingerprint density at radius 2 is 2.00 bits per heavy atom. The monoisotopic (exact) mass is 303 g/mol. The van der Waals surface area contributed by atoms with Gasteiger partial charge < -0.3 is 10.8 Å². The maximum atomic E-state index is 12.5. The molecule has 2 rings (SSSR count). The second-order valence-corrected chi connectivity index (χ2v) is 4.89. The van der Waals surface area contributed by atoms with Crippen LogP contribution in [0.4, 0.5) is 5.82 Å². The normalized spacial score (nSPS) is 10.6. The van der Waals surface area contributed by atoms with E-state index in [4.69, 9.17) is 10.8 Å². The van der Waals surface area contributed by atoms with Crippen molar-refractivity contribution < 1.29 is 9.90 Å². The molecule has 2 aromatic rings. The number of anilines is 1. The molecule has 22 heavy (non-hydrogen) atoms. The largest absolute Gasteiger partial charge is 0.478 e. The third-order valence-corrected chi connectivity index (χ3v) is 3.31. The number of hydrogen-bond donors (Lipinski definition) is 2. The van der Waals surface area contributed by atoms with E-state index in [0.717, 1.165) is 17.4 Å². The highest BCUT2D eigenvalue weighted by Gasteiger charge is 2.12. The van der Waals surface area contributed by atoms with Gasteiger partial charge in [-0.05, 0) is 24.6 Å². The lowest BCUT2D eigenvalue weighted by Gasteiger charge is -2.12. The van der Waals surface area contributed by atoms with Crippen molar-refractivity contribution in [3.05, 3.63) is 56.7 Å². The van der Waals surface area contributed by atoms with Gasteiger partial charge in [0.25, 0.3) is 5.56 Å². The lowest BCUT2D eigenvalue weighted by atomic mass is 10.2. The van der Waals surface area contributed by atoms with Gasteiger partial charge in [-0.3, -0.25) is 9.36 Å². The summed E-state index contributed by atoms with van der Waals surface area (Å²) in [6.45, 7) is 2.38. The van der Waals surface area contributed by atoms with Crippen LogP contribution in [0.15, 0.2) is 39.9 Å². The summed E-state index contributed by atoms with van der Waals surface area (Å²) in [5.74, 6) is -1.02. The number of benzene rings is 1. The van der Waals surface area contributed by atoms with E-state index < -0.39 is 17.2 Å². The quantitative estimate of drug-likeness (QED) is 0.859. The molecular formula is C15H17N3O4. The van der Waals surface area contributed by atoms with E-state index in [9.17, 15) is 14.4 Å². The number of nitrogens with two attached hydrogens (primary N) is 1. The fourth-order valence-corrected chi connectivity index (χ4v) is 2.15. The van der Waals surface area contributed by atoms with Crippen molar-refractivity contribution in [2.45, 2.75) is 26.3 Å². The predicted molar refractivity (Wildman–Crippen MR) is 82.6 cm³/mol. The van der Waals surface area contributed by atoms with Gasteiger partial charge in [0.05, 0.1) is 11.3 Å². The summed E-state index contributed by atoms with van der Waals surface area (Å²) < 4.78 is 2.25. The Labute approximate surface area is 126 Å². The Kier molecular flexibility index (Phi) is 4.45. The lowest BCUT2D eigenvalue weighted by Crippen LogP contribution is -2.39. The second-order valence-electron chi connectivity index (χ2n) is 4.89. The highest BCUT2D eigenvalue weighted by atomic mass is 16.4. The molecule has 0 aliphatic rings. The van der Waals surface area contributed by atoms with E-state index in [0.29, 0.717) is 6.54 Å². The molecule has 0 radical (unpaired) electrons. The summed E-state index contributed by atoms with van der Waals surface area (Å²) in [6.07, 6.45) is 1.62. The molecule has 0 saturated carbocycles. The van der Waals surface area contributed by atoms with Crippen LogP contribution >= 0.6 is 0 Å². The molecule has 7 nitrogen and oxygen atoms in total. The van der Waals surface area contributed by atoms with E-state index in [2.05, 4.69) is 0 Å². The minimum atomic E-state index is -1.13. The first-order valence-corrected chi connectivity index (χ1v) is 6.91. The molecule has 0 saturated heterocycles. The molecule has 0 aliphatic carbocycles. The topological polar surface area (TPSA) is 107 Å². The summed E-state index contributed by atoms with van der Waals surface area (Å²) in [5, 5.41) is 9.02. The van der Waals surface area contributed by atoms with Crippen LogP contribution in [0.25, 0.3) is 5.69 Å². The van der Waals surface area contributed by atoms with Gasteiger partial charge in [-0.25, -0.2) is 14.2 Å². The fourth-order valence-electron chi connectivity index (χ4n) is 2.15. The van der Waals surface area contributed by atoms with Gasteiger partial charge in [0.1, 0.15) is 5.82 Å². The molecule has 1 aromatic carbocycles. The van der Waals surface area contributed by atoms with Crippen molar-refractivity contribution in [1.29, 1.82) is 0 Å². The Morgan fingerprint density at radius 1 is 1.27 bits per heavy atom. The summed E-state index contributed by atoms with van der Waals surface area (Å²) >= 11 is 0. The van der Waals surface area contributed by atoms with Gasteiger partial charge in [0, 0.05) is 12.6 Å². The lowest BCUT2D eigenvalue weighted by molar-refractivity contribution is 0.0697. The summed E-state index contributed by atoms with van der Waals surface area (Å²) in [6, 6.07) is 6.84. The molecule has 0 atom stereocenters. The standard InChI is InChI=1S/C15H17N3O4/c1-2-3-7-17-12(16)9-13(19)18(15(17)22)11-6-4-5-10(8-11)14(20)21/h4-6,8-9H,2-3,7,16H2,1H3,(H,20,21). The first-order chi connectivity index (χ1) is 10.5. The number of aromatic nitrogens is 2. The molecule has 116 valence electrons. The van der Waals surface area contributed by atoms with Gasteiger partial charge >= 0.3 is 11.7 Å². The molecule has 1 heterocycles. The van der Waals surface area contributed by atoms with Crippen molar-refractivity contribution in [2.75, 3.05) is 5.73 Å². The minimum Gasteiger partial charge on any atom is -0.478 e. The van der Waals surface area contributed by atoms with E-state index in [1.807, 2.05) is 6.92 Å². The molecule has 1 aromatic heterocycles. The zero-order chi connectivity index (χ0) is 16.3. The number of hydrogen-bond acceptors (Lipinski definition) is 4. The maximum Gasteiger partial charge on any atom is 0.337 e. The predicted octanol–water partition coefficient (Wildman–Crippen LogP) is 1.08. The molecular weight excluding hydrogens is 286 g/mol. The van der Waals surface area contributed by atoms with Gasteiger partial charge in [0.15, 0.2) is 0 Å². The van der Waals surface area contributed by atoms with Gasteiger partial charge in [0.2, 0.25) is 0 Å². The minimum absolute atomic E-state index is 0.000679. The number of unbranched alkanes of at least 4 members (excludes halogenated alkanes) is 1. The molecule has 0 fully saturated rings. The Balaban J connectivity index is 2.65. The Morgan fingerprint density at radius 3 is 2.64 bits per heavy atom. The third-order valence-electron chi connectivity index (χ3n) is 3.31. The number of aromatic carboxylic acids is 1. The van der Waals surface area contributed by atoms with Crippen molar-refractivity contribution in [3.8, 4) is 5.69 Å². The first kappa shape index (κ1) is 15.6. The molecule has 0 bridgehead atoms. The molecule has 0 aliphatic heterocycles. The SMILES string of the molecule is CCCCn1c(N)cc(=O)n(-c2cccc(C(=O)O)c2)c1=O. The highest BCUT2D eigenvalue weighted by Crippen LogP contribution is 2.08. The Hall–Kier alpha value is -2.83. The van der Waals surface area contributed by atoms with Crippen molar-refractivity contribution in [1.82, 2.24) is 9.13 Å². The van der Waals surface area contributed by atoms with Crippen LogP contribution in [0.2, 0.25) is 0 Å². The summed E-state index contributed by atoms with van der Waals surface area (Å²) in [7, 11) is 0. The summed E-state index contributed by atoms with van der Waals surface area (Å²) in [5.41, 5.74) is 4.80. The molecule has 0 spiro atoms. The van der Waals surface area contributed by atoms with Crippen LogP contribution in [0.5, 0.6) is 0 Å². The van der Waals surface area contributed by atoms with Crippen LogP contribution in [-0.4, -0.2) is 20.2 Å². The van der Waals surface area contributed by atoms with E-state index >= 15 is 0 Å². The molecule has 3 N–H and O–H groups in total. The van der Waals surface area contributed by atoms with Gasteiger partial charge in [-0.1, -0.05) is 19.4 Å². The second kappa shape index (κ2) is 6.30. The number of carboxylic acid groups (broad SMARTS) is 1. The summed E-state index contributed by atoms with van der Waals surface area (Å²) in [4.78, 5) is 35.6. The van der Waals surface area contributed by atoms with Crippen LogP contribution in [-0.2, 0) is 6.54 Å². The number of nitrogens with zero attached hydrogens (tertiary/aromatic N) is 2. The number of carboxylic acids is 1. The average molecular weight is 303 g/mol. The van der Waals surface area contributed by atoms with Crippen molar-refractivity contribution in [3.63, 3.8) is 0 Å². The molecule has 0 amide bonds. The van der Waals surface area contributed by atoms with Crippen LogP contribution < -0.4 is 17.0 Å². The number of carbonyl (C=O) groups is 1. The van der Waals surface area contributed by atoms with E-state index in [1.165, 1.54) is 34.9 Å². The number of nitrogen functional groups attached to an aromatic ring is 1. The van der Waals surface area contributed by atoms with Crippen LogP contribution in [0.1, 0.15) is 30.1 Å². The van der Waals surface area contributed by atoms with Crippen LogP contribution in [0, 0.1) is 0 Å². The van der Waals surface area contributed by atoms with Crippen molar-refractivity contribution >= 4 is 11.8 Å². The molecule has 0 unspecified atom stereocenters. The highest BCUT2D eigenvalue weighted by molar-refractivity contribution is 5.88.